The molecular formula is C8H9ClN2OS. The molecule has 1 aliphatic rings. The number of hydrogen-bond acceptors (Lipinski definition) is 4. The Kier molecular flexibility index (Phi) is 2.51. The van der Waals surface area contributed by atoms with Crippen LogP contribution in [0.15, 0.2) is 0 Å². The van der Waals surface area contributed by atoms with E-state index >= 15 is 0 Å². The zero-order valence-electron chi connectivity index (χ0n) is 6.92. The van der Waals surface area contributed by atoms with E-state index in [2.05, 4.69) is 10.3 Å². The van der Waals surface area contributed by atoms with E-state index in [1.807, 2.05) is 0 Å². The second-order valence-corrected chi connectivity index (χ2v) is 4.50. The number of carbonyl (C=O) groups excluding carboxylic acids is 1. The van der Waals surface area contributed by atoms with E-state index in [0.717, 1.165) is 23.9 Å². The summed E-state index contributed by atoms with van der Waals surface area (Å²) >= 11 is 7.01. The molecule has 0 amide bonds. The summed E-state index contributed by atoms with van der Waals surface area (Å²) in [6, 6.07) is 0. The van der Waals surface area contributed by atoms with Crippen molar-refractivity contribution in [3.05, 3.63) is 10.0 Å². The molecule has 1 aromatic rings. The lowest BCUT2D eigenvalue weighted by Gasteiger charge is -1.97. The molecule has 0 saturated heterocycles. The Labute approximate surface area is 85.1 Å². The highest BCUT2D eigenvalue weighted by atomic mass is 35.5. The van der Waals surface area contributed by atoms with Crippen LogP contribution >= 0.6 is 22.9 Å². The van der Waals surface area contributed by atoms with Crippen molar-refractivity contribution in [1.29, 1.82) is 0 Å². The van der Waals surface area contributed by atoms with Gasteiger partial charge in [-0.2, -0.15) is 0 Å². The molecule has 5 heteroatoms. The monoisotopic (exact) mass is 216 g/mol. The van der Waals surface area contributed by atoms with Crippen molar-refractivity contribution in [2.45, 2.75) is 12.8 Å². The molecule has 13 heavy (non-hydrogen) atoms. The Morgan fingerprint density at radius 2 is 2.46 bits per heavy atom. The number of nitrogens with zero attached hydrogens (tertiary/aromatic N) is 1. The molecule has 0 unspecified atom stereocenters. The van der Waals surface area contributed by atoms with Gasteiger partial charge in [-0.05, 0) is 18.8 Å². The van der Waals surface area contributed by atoms with Crippen LogP contribution in [0, 0.1) is 5.92 Å². The highest BCUT2D eigenvalue weighted by Crippen LogP contribution is 2.30. The van der Waals surface area contributed by atoms with Gasteiger partial charge in [0.25, 0.3) is 0 Å². The van der Waals surface area contributed by atoms with E-state index in [1.165, 1.54) is 24.2 Å². The first-order chi connectivity index (χ1) is 6.29. The first-order valence-electron chi connectivity index (χ1n) is 4.15. The molecule has 1 fully saturated rings. The Morgan fingerprint density at radius 1 is 1.69 bits per heavy atom. The minimum absolute atomic E-state index is 0.304. The predicted molar refractivity (Wildman–Crippen MR) is 53.7 cm³/mol. The van der Waals surface area contributed by atoms with E-state index in [-0.39, 0.29) is 0 Å². The fourth-order valence-corrected chi connectivity index (χ4v) is 1.99. The molecule has 0 spiro atoms. The molecule has 0 aromatic carbocycles. The van der Waals surface area contributed by atoms with Crippen LogP contribution in [0.4, 0.5) is 5.13 Å². The van der Waals surface area contributed by atoms with Crippen LogP contribution in [0.3, 0.4) is 0 Å². The average Bonchev–Trinajstić information content (AvgIpc) is 2.87. The second-order valence-electron chi connectivity index (χ2n) is 3.12. The predicted octanol–water partition coefficient (Wildman–Crippen LogP) is 2.43. The maximum absolute atomic E-state index is 10.4. The molecule has 70 valence electrons. The van der Waals surface area contributed by atoms with Gasteiger partial charge >= 0.3 is 0 Å². The fourth-order valence-electron chi connectivity index (χ4n) is 1.02. The summed E-state index contributed by atoms with van der Waals surface area (Å²) in [6.45, 7) is 0.947. The van der Waals surface area contributed by atoms with Crippen LogP contribution < -0.4 is 5.32 Å². The smallest absolute Gasteiger partial charge is 0.184 e. The van der Waals surface area contributed by atoms with Gasteiger partial charge in [-0.3, -0.25) is 4.79 Å². The van der Waals surface area contributed by atoms with E-state index < -0.39 is 0 Å². The topological polar surface area (TPSA) is 42.0 Å². The van der Waals surface area contributed by atoms with Crippen molar-refractivity contribution in [3.8, 4) is 0 Å². The Bertz CT molecular complexity index is 322. The van der Waals surface area contributed by atoms with E-state index in [4.69, 9.17) is 11.6 Å². The van der Waals surface area contributed by atoms with Crippen molar-refractivity contribution >= 4 is 34.4 Å². The Hall–Kier alpha value is -0.610. The van der Waals surface area contributed by atoms with Crippen molar-refractivity contribution in [2.75, 3.05) is 11.9 Å². The molecule has 3 nitrogen and oxygen atoms in total. The number of nitrogens with one attached hydrogen (secondary N) is 1. The van der Waals surface area contributed by atoms with E-state index in [9.17, 15) is 4.79 Å². The summed E-state index contributed by atoms with van der Waals surface area (Å²) in [7, 11) is 0. The summed E-state index contributed by atoms with van der Waals surface area (Å²) in [5, 5.41) is 4.22. The van der Waals surface area contributed by atoms with Crippen molar-refractivity contribution in [2.24, 2.45) is 5.92 Å². The molecule has 0 radical (unpaired) electrons. The van der Waals surface area contributed by atoms with Crippen LogP contribution in [-0.4, -0.2) is 17.8 Å². The normalized spacial score (nSPS) is 15.8. The third-order valence-corrected chi connectivity index (χ3v) is 3.29. The van der Waals surface area contributed by atoms with Gasteiger partial charge in [-0.15, -0.1) is 0 Å². The molecule has 1 saturated carbocycles. The molecule has 0 bridgehead atoms. The van der Waals surface area contributed by atoms with Crippen molar-refractivity contribution in [3.63, 3.8) is 0 Å². The molecule has 1 N–H and O–H groups in total. The third-order valence-electron chi connectivity index (χ3n) is 1.96. The minimum atomic E-state index is 0.304. The lowest BCUT2D eigenvalue weighted by atomic mass is 10.4. The molecule has 1 aromatic heterocycles. The van der Waals surface area contributed by atoms with E-state index in [0.29, 0.717) is 10.0 Å². The number of carbonyl (C=O) groups is 1. The summed E-state index contributed by atoms with van der Waals surface area (Å²) < 4.78 is 0. The number of hydrogen-bond donors (Lipinski definition) is 1. The van der Waals surface area contributed by atoms with Gasteiger partial charge in [-0.1, -0.05) is 22.9 Å². The van der Waals surface area contributed by atoms with Gasteiger partial charge in [0, 0.05) is 6.54 Å². The van der Waals surface area contributed by atoms with Gasteiger partial charge in [0.1, 0.15) is 4.88 Å². The molecule has 0 atom stereocenters. The quantitative estimate of drug-likeness (QED) is 0.787. The Morgan fingerprint density at radius 3 is 3.00 bits per heavy atom. The van der Waals surface area contributed by atoms with Gasteiger partial charge in [0.2, 0.25) is 0 Å². The Balaban J connectivity index is 1.98. The summed E-state index contributed by atoms with van der Waals surface area (Å²) in [4.78, 5) is 15.0. The van der Waals surface area contributed by atoms with Crippen molar-refractivity contribution < 1.29 is 4.79 Å². The molecule has 1 heterocycles. The third kappa shape index (κ3) is 2.19. The molecule has 2 rings (SSSR count). The number of halogens is 1. The maximum Gasteiger partial charge on any atom is 0.184 e. The van der Waals surface area contributed by atoms with Crippen molar-refractivity contribution in [1.82, 2.24) is 4.98 Å². The number of aldehydes is 1. The maximum atomic E-state index is 10.4. The molecular weight excluding hydrogens is 208 g/mol. The number of thiazole rings is 1. The first-order valence-corrected chi connectivity index (χ1v) is 5.34. The molecule has 1 aliphatic carbocycles. The van der Waals surface area contributed by atoms with Crippen LogP contribution in [0.5, 0.6) is 0 Å². The minimum Gasteiger partial charge on any atom is -0.361 e. The summed E-state index contributed by atoms with van der Waals surface area (Å²) in [6.07, 6.45) is 3.33. The van der Waals surface area contributed by atoms with Gasteiger partial charge in [-0.25, -0.2) is 4.98 Å². The number of rotatable bonds is 4. The standard InChI is InChI=1S/C8H9ClN2OS/c9-7-6(4-12)13-8(11-7)10-3-5-1-2-5/h4-5H,1-3H2,(H,10,11). The van der Waals surface area contributed by atoms with Gasteiger partial charge in [0.15, 0.2) is 16.6 Å². The van der Waals surface area contributed by atoms with Crippen LogP contribution in [0.25, 0.3) is 0 Å². The highest BCUT2D eigenvalue weighted by molar-refractivity contribution is 7.17. The largest absolute Gasteiger partial charge is 0.361 e. The van der Waals surface area contributed by atoms with Crippen LogP contribution in [0.1, 0.15) is 22.5 Å². The number of aromatic nitrogens is 1. The van der Waals surface area contributed by atoms with Gasteiger partial charge < -0.3 is 5.32 Å². The summed E-state index contributed by atoms with van der Waals surface area (Å²) in [5.74, 6) is 0.794. The zero-order chi connectivity index (χ0) is 9.26. The highest BCUT2D eigenvalue weighted by Gasteiger charge is 2.21. The molecule has 0 aliphatic heterocycles. The van der Waals surface area contributed by atoms with Gasteiger partial charge in [0.05, 0.1) is 0 Å². The number of anilines is 1. The first kappa shape index (κ1) is 8.97. The lowest BCUT2D eigenvalue weighted by molar-refractivity contribution is 0.112. The SMILES string of the molecule is O=Cc1sc(NCC2CC2)nc1Cl. The summed E-state index contributed by atoms with van der Waals surface area (Å²) in [5.41, 5.74) is 0. The second kappa shape index (κ2) is 3.64. The lowest BCUT2D eigenvalue weighted by Crippen LogP contribution is -2.02. The van der Waals surface area contributed by atoms with E-state index in [1.54, 1.807) is 0 Å². The average molecular weight is 217 g/mol. The fraction of sp³-hybridized carbons (Fsp3) is 0.500. The zero-order valence-corrected chi connectivity index (χ0v) is 8.49. The van der Waals surface area contributed by atoms with Crippen LogP contribution in [-0.2, 0) is 0 Å². The van der Waals surface area contributed by atoms with Crippen LogP contribution in [0.2, 0.25) is 5.15 Å².